The normalized spacial score (nSPS) is 15.0. The van der Waals surface area contributed by atoms with Crippen LogP contribution in [0.2, 0.25) is 0 Å². The molecular weight excluding hydrogens is 566 g/mol. The highest BCUT2D eigenvalue weighted by atomic mass is 16.7. The molecule has 2 aromatic heterocycles. The fourth-order valence-electron chi connectivity index (χ4n) is 4.48. The zero-order chi connectivity index (χ0) is 30.9. The van der Waals surface area contributed by atoms with Crippen LogP contribution in [0.25, 0.3) is 11.3 Å². The van der Waals surface area contributed by atoms with Gasteiger partial charge < -0.3 is 40.9 Å². The first kappa shape index (κ1) is 29.4. The van der Waals surface area contributed by atoms with Crippen LogP contribution in [-0.4, -0.2) is 96.7 Å². The predicted octanol–water partition coefficient (Wildman–Crippen LogP) is -1.13. The summed E-state index contributed by atoms with van der Waals surface area (Å²) in [7, 11) is 3.01. The number of carbonyl (C=O) groups excluding carboxylic acids is 4. The number of aryl methyl sites for hydroxylation is 1. The smallest absolute Gasteiger partial charge is 0.369 e. The minimum Gasteiger partial charge on any atom is -0.494 e. The highest BCUT2D eigenvalue weighted by Crippen LogP contribution is 2.38. The second-order valence-corrected chi connectivity index (χ2v) is 9.97. The highest BCUT2D eigenvalue weighted by molar-refractivity contribution is 6.00. The first-order chi connectivity index (χ1) is 20.4. The molecule has 1 aliphatic heterocycles. The minimum atomic E-state index is -3.53. The van der Waals surface area contributed by atoms with Gasteiger partial charge in [0.05, 0.1) is 30.7 Å². The van der Waals surface area contributed by atoms with E-state index in [1.165, 1.54) is 22.8 Å². The SMILES string of the molecule is COc1c(Nc2cc(NC(=O)C3CC3)nnc2C(=O)NC(O)(O)O)cccc1-c1cc(C(=O)N2CCNC(=O)C2)n(C)n1. The van der Waals surface area contributed by atoms with Gasteiger partial charge in [0.1, 0.15) is 5.69 Å². The Morgan fingerprint density at radius 1 is 1.12 bits per heavy atom. The van der Waals surface area contributed by atoms with Crippen LogP contribution in [0.3, 0.4) is 0 Å². The van der Waals surface area contributed by atoms with Crippen molar-refractivity contribution in [1.29, 1.82) is 0 Å². The topological polar surface area (TPSA) is 233 Å². The third kappa shape index (κ3) is 6.69. The number of nitrogens with one attached hydrogen (secondary N) is 4. The molecule has 43 heavy (non-hydrogen) atoms. The van der Waals surface area contributed by atoms with E-state index in [1.54, 1.807) is 36.6 Å². The zero-order valence-corrected chi connectivity index (χ0v) is 23.1. The second kappa shape index (κ2) is 11.6. The molecular formula is C26H29N9O8. The third-order valence-electron chi connectivity index (χ3n) is 6.68. The Bertz CT molecular complexity index is 1600. The van der Waals surface area contributed by atoms with Crippen molar-refractivity contribution < 1.29 is 39.2 Å². The van der Waals surface area contributed by atoms with Gasteiger partial charge in [0, 0.05) is 37.7 Å². The standard InChI is InChI=1S/C26H29N9O8/c1-34-18(25(39)35-9-8-27-20(36)12-35)10-16(33-34)14-4-3-5-15(22(14)43-2)28-17-11-19(29-23(37)13-6-7-13)31-32-21(17)24(38)30-26(40,41)42/h3-5,10-11,13,40-42H,6-9,12H2,1-2H3,(H,27,36)(H,30,38)(H2,28,29,31,37). The Hall–Kier alpha value is -5.13. The van der Waals surface area contributed by atoms with Crippen molar-refractivity contribution in [3.05, 3.63) is 41.7 Å². The quantitative estimate of drug-likeness (QED) is 0.146. The molecule has 5 rings (SSSR count). The summed E-state index contributed by atoms with van der Waals surface area (Å²) in [4.78, 5) is 51.3. The Balaban J connectivity index is 1.48. The fourth-order valence-corrected chi connectivity index (χ4v) is 4.48. The van der Waals surface area contributed by atoms with Gasteiger partial charge in [-0.05, 0) is 31.0 Å². The molecule has 2 fully saturated rings. The van der Waals surface area contributed by atoms with Crippen LogP contribution in [0.5, 0.6) is 5.75 Å². The fraction of sp³-hybridized carbons (Fsp3) is 0.346. The van der Waals surface area contributed by atoms with Crippen molar-refractivity contribution in [1.82, 2.24) is 35.5 Å². The molecule has 226 valence electrons. The van der Waals surface area contributed by atoms with Gasteiger partial charge >= 0.3 is 6.10 Å². The van der Waals surface area contributed by atoms with Gasteiger partial charge in [0.2, 0.25) is 11.8 Å². The maximum Gasteiger partial charge on any atom is 0.369 e. The van der Waals surface area contributed by atoms with Crippen LogP contribution >= 0.6 is 0 Å². The van der Waals surface area contributed by atoms with E-state index in [1.807, 2.05) is 0 Å². The number of hydrogen-bond donors (Lipinski definition) is 7. The number of piperazine rings is 1. The number of ether oxygens (including phenoxy) is 1. The Labute approximate surface area is 243 Å². The molecule has 4 amide bonds. The van der Waals surface area contributed by atoms with E-state index in [9.17, 15) is 34.5 Å². The van der Waals surface area contributed by atoms with Crippen LogP contribution in [-0.2, 0) is 16.6 Å². The third-order valence-corrected chi connectivity index (χ3v) is 6.68. The molecule has 1 aromatic carbocycles. The number of amides is 4. The average Bonchev–Trinajstić information content (AvgIpc) is 3.73. The van der Waals surface area contributed by atoms with Crippen molar-refractivity contribution in [2.75, 3.05) is 37.4 Å². The molecule has 7 N–H and O–H groups in total. The molecule has 0 unspecified atom stereocenters. The lowest BCUT2D eigenvalue weighted by atomic mass is 10.1. The van der Waals surface area contributed by atoms with Crippen LogP contribution < -0.4 is 26.0 Å². The summed E-state index contributed by atoms with van der Waals surface area (Å²) in [6.07, 6.45) is -2.04. The monoisotopic (exact) mass is 595 g/mol. The van der Waals surface area contributed by atoms with Gasteiger partial charge in [0.25, 0.3) is 11.8 Å². The molecule has 3 heterocycles. The van der Waals surface area contributed by atoms with E-state index in [2.05, 4.69) is 31.2 Å². The Morgan fingerprint density at radius 2 is 1.88 bits per heavy atom. The number of hydrogen-bond acceptors (Lipinski definition) is 12. The molecule has 0 spiro atoms. The number of methoxy groups -OCH3 is 1. The number of aromatic nitrogens is 4. The Kier molecular flexibility index (Phi) is 7.94. The summed E-state index contributed by atoms with van der Waals surface area (Å²) in [6, 6.07) is 7.86. The number of anilines is 3. The molecule has 0 bridgehead atoms. The van der Waals surface area contributed by atoms with E-state index in [-0.39, 0.29) is 53.1 Å². The number of rotatable bonds is 9. The van der Waals surface area contributed by atoms with Crippen molar-refractivity contribution in [3.63, 3.8) is 0 Å². The maximum absolute atomic E-state index is 13.1. The average molecular weight is 596 g/mol. The number of para-hydroxylation sites is 1. The summed E-state index contributed by atoms with van der Waals surface area (Å²) < 4.78 is 7.07. The first-order valence-electron chi connectivity index (χ1n) is 13.2. The first-order valence-corrected chi connectivity index (χ1v) is 13.2. The van der Waals surface area contributed by atoms with Crippen LogP contribution in [0.4, 0.5) is 17.2 Å². The van der Waals surface area contributed by atoms with Crippen molar-refractivity contribution in [2.24, 2.45) is 13.0 Å². The van der Waals surface area contributed by atoms with Crippen LogP contribution in [0.1, 0.15) is 33.8 Å². The van der Waals surface area contributed by atoms with Gasteiger partial charge in [-0.2, -0.15) is 5.10 Å². The summed E-state index contributed by atoms with van der Waals surface area (Å²) >= 11 is 0. The molecule has 2 aliphatic rings. The van der Waals surface area contributed by atoms with Crippen molar-refractivity contribution in [2.45, 2.75) is 18.9 Å². The van der Waals surface area contributed by atoms with Crippen molar-refractivity contribution >= 4 is 40.8 Å². The van der Waals surface area contributed by atoms with E-state index in [0.29, 0.717) is 30.0 Å². The molecule has 1 saturated carbocycles. The van der Waals surface area contributed by atoms with Crippen molar-refractivity contribution in [3.8, 4) is 17.0 Å². The highest BCUT2D eigenvalue weighted by Gasteiger charge is 2.31. The maximum atomic E-state index is 13.1. The lowest BCUT2D eigenvalue weighted by Gasteiger charge is -2.26. The summed E-state index contributed by atoms with van der Waals surface area (Å²) in [5.41, 5.74) is 0.916. The van der Waals surface area contributed by atoms with Crippen LogP contribution in [0.15, 0.2) is 30.3 Å². The lowest BCUT2D eigenvalue weighted by molar-refractivity contribution is -0.323. The molecule has 17 heteroatoms. The summed E-state index contributed by atoms with van der Waals surface area (Å²) in [5.74, 6) is -1.94. The van der Waals surface area contributed by atoms with E-state index < -0.39 is 17.7 Å². The predicted molar refractivity (Wildman–Crippen MR) is 148 cm³/mol. The van der Waals surface area contributed by atoms with Gasteiger partial charge in [-0.25, -0.2) is 0 Å². The zero-order valence-electron chi connectivity index (χ0n) is 23.1. The van der Waals surface area contributed by atoms with Crippen LogP contribution in [0, 0.1) is 5.92 Å². The summed E-state index contributed by atoms with van der Waals surface area (Å²) in [5, 5.41) is 49.7. The number of aliphatic hydroxyl groups is 3. The molecule has 0 atom stereocenters. The molecule has 0 radical (unpaired) electrons. The minimum absolute atomic E-state index is 0.0219. The molecule has 3 aromatic rings. The van der Waals surface area contributed by atoms with E-state index in [4.69, 9.17) is 4.74 Å². The van der Waals surface area contributed by atoms with Gasteiger partial charge in [-0.3, -0.25) is 29.2 Å². The number of carbonyl (C=O) groups is 4. The number of benzene rings is 1. The van der Waals surface area contributed by atoms with Gasteiger partial charge in [-0.15, -0.1) is 10.2 Å². The second-order valence-electron chi connectivity index (χ2n) is 9.97. The van der Waals surface area contributed by atoms with Gasteiger partial charge in [0.15, 0.2) is 17.3 Å². The lowest BCUT2D eigenvalue weighted by Crippen LogP contribution is -2.50. The molecule has 17 nitrogen and oxygen atoms in total. The number of nitrogens with zero attached hydrogens (tertiary/aromatic N) is 5. The Morgan fingerprint density at radius 3 is 2.56 bits per heavy atom. The summed E-state index contributed by atoms with van der Waals surface area (Å²) in [6.45, 7) is 0.643. The molecule has 1 saturated heterocycles. The molecule has 1 aliphatic carbocycles. The van der Waals surface area contributed by atoms with Gasteiger partial charge in [-0.1, -0.05) is 6.07 Å². The largest absolute Gasteiger partial charge is 0.494 e. The van der Waals surface area contributed by atoms with E-state index >= 15 is 0 Å². The van der Waals surface area contributed by atoms with E-state index in [0.717, 1.165) is 12.8 Å².